The van der Waals surface area contributed by atoms with E-state index in [1.165, 1.54) is 23.5 Å². The first kappa shape index (κ1) is 15.4. The van der Waals surface area contributed by atoms with Crippen LogP contribution in [0, 0.1) is 10.1 Å². The lowest BCUT2D eigenvalue weighted by Gasteiger charge is -2.07. The Balaban J connectivity index is 2.32. The van der Waals surface area contributed by atoms with Crippen molar-refractivity contribution in [2.24, 2.45) is 0 Å². The molecule has 0 unspecified atom stereocenters. The van der Waals surface area contributed by atoms with Crippen LogP contribution in [0.4, 0.5) is 16.5 Å². The number of halogens is 1. The molecule has 0 fully saturated rings. The number of benzene rings is 1. The van der Waals surface area contributed by atoms with Gasteiger partial charge >= 0.3 is 0 Å². The van der Waals surface area contributed by atoms with Crippen LogP contribution < -0.4 is 10.6 Å². The van der Waals surface area contributed by atoms with Gasteiger partial charge in [0, 0.05) is 18.3 Å². The molecule has 1 amide bonds. The smallest absolute Gasteiger partial charge is 0.282 e. The molecule has 2 rings (SSSR count). The third-order valence-electron chi connectivity index (χ3n) is 2.52. The Hall–Kier alpha value is -2.00. The van der Waals surface area contributed by atoms with Gasteiger partial charge in [-0.15, -0.1) is 0 Å². The highest BCUT2D eigenvalue weighted by Crippen LogP contribution is 2.26. The summed E-state index contributed by atoms with van der Waals surface area (Å²) < 4.78 is 0.758. The Morgan fingerprint density at radius 1 is 1.52 bits per heavy atom. The molecule has 9 heteroatoms. The van der Waals surface area contributed by atoms with Gasteiger partial charge in [-0.1, -0.05) is 11.3 Å². The first-order valence-electron chi connectivity index (χ1n) is 5.96. The molecule has 0 aliphatic heterocycles. The van der Waals surface area contributed by atoms with E-state index in [4.69, 9.17) is 0 Å². The fourth-order valence-electron chi connectivity index (χ4n) is 1.67. The number of carbonyl (C=O) groups excluding carboxylic acids is 1. The van der Waals surface area contributed by atoms with E-state index in [0.717, 1.165) is 3.79 Å². The van der Waals surface area contributed by atoms with Crippen molar-refractivity contribution in [2.75, 3.05) is 17.2 Å². The van der Waals surface area contributed by atoms with Gasteiger partial charge in [-0.25, -0.2) is 4.98 Å². The number of nitro groups is 1. The summed E-state index contributed by atoms with van der Waals surface area (Å²) in [6.07, 6.45) is 1.55. The van der Waals surface area contributed by atoms with E-state index < -0.39 is 10.8 Å². The molecule has 0 saturated carbocycles. The standard InChI is InChI=1S/C12H11BrN4O3S/c1-2-14-7-3-4-9(17(19)20)8(5-7)11(18)16-12-15-6-10(13)21-12/h3-6,14H,2H2,1H3,(H,15,16,18). The van der Waals surface area contributed by atoms with Crippen LogP contribution in [0.1, 0.15) is 17.3 Å². The summed E-state index contributed by atoms with van der Waals surface area (Å²) in [6.45, 7) is 2.55. The lowest BCUT2D eigenvalue weighted by Crippen LogP contribution is -2.14. The Kier molecular flexibility index (Phi) is 4.86. The van der Waals surface area contributed by atoms with Gasteiger partial charge in [0.15, 0.2) is 5.13 Å². The summed E-state index contributed by atoms with van der Waals surface area (Å²) in [5.41, 5.74) is 0.392. The second kappa shape index (κ2) is 6.64. The summed E-state index contributed by atoms with van der Waals surface area (Å²) in [4.78, 5) is 26.6. The second-order valence-electron chi connectivity index (χ2n) is 3.94. The zero-order valence-electron chi connectivity index (χ0n) is 10.9. The Morgan fingerprint density at radius 2 is 2.29 bits per heavy atom. The van der Waals surface area contributed by atoms with Crippen LogP contribution in [0.3, 0.4) is 0 Å². The highest BCUT2D eigenvalue weighted by Gasteiger charge is 2.21. The molecular formula is C12H11BrN4O3S. The van der Waals surface area contributed by atoms with Gasteiger partial charge in [-0.3, -0.25) is 20.2 Å². The van der Waals surface area contributed by atoms with Crippen LogP contribution in [0.15, 0.2) is 28.2 Å². The van der Waals surface area contributed by atoms with E-state index in [-0.39, 0.29) is 11.3 Å². The summed E-state index contributed by atoms with van der Waals surface area (Å²) in [5, 5.41) is 17.0. The molecule has 110 valence electrons. The molecule has 0 atom stereocenters. The van der Waals surface area contributed by atoms with Gasteiger partial charge in [0.05, 0.1) is 14.9 Å². The zero-order chi connectivity index (χ0) is 15.4. The molecule has 0 radical (unpaired) electrons. The fourth-order valence-corrected chi connectivity index (χ4v) is 2.77. The number of anilines is 2. The topological polar surface area (TPSA) is 97.2 Å². The number of rotatable bonds is 5. The van der Waals surface area contributed by atoms with Crippen LogP contribution in [0.5, 0.6) is 0 Å². The number of hydrogen-bond donors (Lipinski definition) is 2. The highest BCUT2D eigenvalue weighted by atomic mass is 79.9. The van der Waals surface area contributed by atoms with Crippen molar-refractivity contribution in [3.05, 3.63) is 43.9 Å². The maximum absolute atomic E-state index is 12.2. The Labute approximate surface area is 132 Å². The van der Waals surface area contributed by atoms with Crippen molar-refractivity contribution in [1.82, 2.24) is 4.98 Å². The van der Waals surface area contributed by atoms with Crippen molar-refractivity contribution in [3.63, 3.8) is 0 Å². The monoisotopic (exact) mass is 370 g/mol. The van der Waals surface area contributed by atoms with Gasteiger partial charge < -0.3 is 5.32 Å². The van der Waals surface area contributed by atoms with Crippen LogP contribution in [-0.4, -0.2) is 22.4 Å². The third-order valence-corrected chi connectivity index (χ3v) is 3.91. The summed E-state index contributed by atoms with van der Waals surface area (Å²) in [7, 11) is 0. The largest absolute Gasteiger partial charge is 0.385 e. The molecule has 7 nitrogen and oxygen atoms in total. The average Bonchev–Trinajstić information content (AvgIpc) is 2.84. The molecule has 0 spiro atoms. The van der Waals surface area contributed by atoms with E-state index in [2.05, 4.69) is 31.5 Å². The summed E-state index contributed by atoms with van der Waals surface area (Å²) in [5.74, 6) is -0.566. The van der Waals surface area contributed by atoms with Gasteiger partial charge in [0.2, 0.25) is 0 Å². The molecular weight excluding hydrogens is 360 g/mol. The van der Waals surface area contributed by atoms with Crippen molar-refractivity contribution in [2.45, 2.75) is 6.92 Å². The van der Waals surface area contributed by atoms with Crippen molar-refractivity contribution >= 4 is 49.7 Å². The molecule has 2 aromatic rings. The van der Waals surface area contributed by atoms with Gasteiger partial charge in [0.25, 0.3) is 11.6 Å². The first-order valence-corrected chi connectivity index (χ1v) is 7.57. The van der Waals surface area contributed by atoms with E-state index >= 15 is 0 Å². The molecule has 0 saturated heterocycles. The minimum absolute atomic E-state index is 0.00947. The van der Waals surface area contributed by atoms with E-state index in [0.29, 0.717) is 17.4 Å². The quantitative estimate of drug-likeness (QED) is 0.619. The van der Waals surface area contributed by atoms with Crippen molar-refractivity contribution in [3.8, 4) is 0 Å². The predicted molar refractivity (Wildman–Crippen MR) is 85.0 cm³/mol. The lowest BCUT2D eigenvalue weighted by molar-refractivity contribution is -0.385. The predicted octanol–water partition coefficient (Wildman–Crippen LogP) is 3.50. The number of nitrogens with one attached hydrogen (secondary N) is 2. The first-order chi connectivity index (χ1) is 10.0. The van der Waals surface area contributed by atoms with Gasteiger partial charge in [-0.2, -0.15) is 0 Å². The van der Waals surface area contributed by atoms with E-state index in [1.807, 2.05) is 6.92 Å². The molecule has 1 aromatic carbocycles. The maximum Gasteiger partial charge on any atom is 0.282 e. The van der Waals surface area contributed by atoms with Crippen molar-refractivity contribution < 1.29 is 9.72 Å². The Morgan fingerprint density at radius 3 is 2.86 bits per heavy atom. The molecule has 1 heterocycles. The number of nitro benzene ring substituents is 1. The fraction of sp³-hybridized carbons (Fsp3) is 0.167. The van der Waals surface area contributed by atoms with Gasteiger partial charge in [-0.05, 0) is 35.0 Å². The number of hydrogen-bond acceptors (Lipinski definition) is 6. The zero-order valence-corrected chi connectivity index (χ0v) is 13.3. The Bertz CT molecular complexity index is 689. The normalized spacial score (nSPS) is 10.2. The molecule has 0 bridgehead atoms. The van der Waals surface area contributed by atoms with Crippen LogP contribution in [0.25, 0.3) is 0 Å². The molecule has 0 aliphatic carbocycles. The van der Waals surface area contributed by atoms with Crippen LogP contribution in [0.2, 0.25) is 0 Å². The maximum atomic E-state index is 12.2. The third kappa shape index (κ3) is 3.76. The van der Waals surface area contributed by atoms with Crippen LogP contribution >= 0.6 is 27.3 Å². The summed E-state index contributed by atoms with van der Waals surface area (Å²) in [6, 6.07) is 4.34. The van der Waals surface area contributed by atoms with Gasteiger partial charge in [0.1, 0.15) is 5.56 Å². The molecule has 1 aromatic heterocycles. The van der Waals surface area contributed by atoms with E-state index in [9.17, 15) is 14.9 Å². The number of nitrogens with zero attached hydrogens (tertiary/aromatic N) is 2. The molecule has 0 aliphatic rings. The number of thiazole rings is 1. The van der Waals surface area contributed by atoms with E-state index in [1.54, 1.807) is 12.3 Å². The minimum atomic E-state index is -0.581. The number of carbonyl (C=O) groups is 1. The summed E-state index contributed by atoms with van der Waals surface area (Å²) >= 11 is 4.46. The minimum Gasteiger partial charge on any atom is -0.385 e. The lowest BCUT2D eigenvalue weighted by atomic mass is 10.1. The average molecular weight is 371 g/mol. The van der Waals surface area contributed by atoms with Crippen LogP contribution in [-0.2, 0) is 0 Å². The number of aromatic nitrogens is 1. The number of amides is 1. The second-order valence-corrected chi connectivity index (χ2v) is 6.35. The SMILES string of the molecule is CCNc1ccc([N+](=O)[O-])c(C(=O)Nc2ncc(Br)s2)c1. The molecule has 21 heavy (non-hydrogen) atoms. The molecule has 2 N–H and O–H groups in total. The highest BCUT2D eigenvalue weighted by molar-refractivity contribution is 9.11. The van der Waals surface area contributed by atoms with Crippen molar-refractivity contribution in [1.29, 1.82) is 0 Å².